The summed E-state index contributed by atoms with van der Waals surface area (Å²) in [6.45, 7) is 0.999. The van der Waals surface area contributed by atoms with E-state index in [1.807, 2.05) is 24.3 Å². The van der Waals surface area contributed by atoms with Crippen LogP contribution in [0.1, 0.15) is 18.4 Å². The quantitative estimate of drug-likeness (QED) is 0.707. The molecule has 2 aromatic carbocycles. The van der Waals surface area contributed by atoms with Crippen LogP contribution in [0.3, 0.4) is 0 Å². The highest BCUT2D eigenvalue weighted by atomic mass is 35.5. The van der Waals surface area contributed by atoms with Crippen molar-refractivity contribution in [2.45, 2.75) is 23.8 Å². The van der Waals surface area contributed by atoms with Crippen LogP contribution in [-0.2, 0) is 14.8 Å². The molecule has 0 aliphatic carbocycles. The fourth-order valence-corrected chi connectivity index (χ4v) is 4.54. The van der Waals surface area contributed by atoms with Gasteiger partial charge >= 0.3 is 0 Å². The first kappa shape index (κ1) is 21.4. The summed E-state index contributed by atoms with van der Waals surface area (Å²) in [4.78, 5) is 14.3. The van der Waals surface area contributed by atoms with Gasteiger partial charge in [-0.3, -0.25) is 4.79 Å². The predicted octanol–water partition coefficient (Wildman–Crippen LogP) is 3.33. The van der Waals surface area contributed by atoms with Crippen molar-refractivity contribution in [2.75, 3.05) is 20.2 Å². The van der Waals surface area contributed by atoms with E-state index in [9.17, 15) is 13.2 Å². The van der Waals surface area contributed by atoms with E-state index in [1.165, 1.54) is 12.1 Å². The van der Waals surface area contributed by atoms with Crippen LogP contribution in [0.5, 0.6) is 5.75 Å². The van der Waals surface area contributed by atoms with Crippen LogP contribution >= 0.6 is 11.6 Å². The van der Waals surface area contributed by atoms with E-state index in [0.29, 0.717) is 31.0 Å². The van der Waals surface area contributed by atoms with Crippen LogP contribution in [0.2, 0.25) is 5.02 Å². The van der Waals surface area contributed by atoms with Crippen molar-refractivity contribution < 1.29 is 17.9 Å². The molecule has 0 atom stereocenters. The molecule has 1 fully saturated rings. The lowest BCUT2D eigenvalue weighted by Crippen LogP contribution is -2.46. The highest BCUT2D eigenvalue weighted by Crippen LogP contribution is 2.18. The first-order valence-electron chi connectivity index (χ1n) is 9.26. The van der Waals surface area contributed by atoms with E-state index in [-0.39, 0.29) is 16.8 Å². The van der Waals surface area contributed by atoms with Crippen molar-refractivity contribution in [1.82, 2.24) is 9.62 Å². The number of halogens is 1. The first-order chi connectivity index (χ1) is 13.9. The van der Waals surface area contributed by atoms with Crippen LogP contribution in [0.15, 0.2) is 59.5 Å². The summed E-state index contributed by atoms with van der Waals surface area (Å²) in [7, 11) is -2.00. The third kappa shape index (κ3) is 5.82. The lowest BCUT2D eigenvalue weighted by atomic mass is 10.1. The second-order valence-electron chi connectivity index (χ2n) is 6.78. The zero-order valence-electron chi connectivity index (χ0n) is 16.0. The molecule has 0 bridgehead atoms. The summed E-state index contributed by atoms with van der Waals surface area (Å²) in [6.07, 6.45) is 4.43. The van der Waals surface area contributed by atoms with Gasteiger partial charge in [-0.25, -0.2) is 13.1 Å². The van der Waals surface area contributed by atoms with E-state index in [4.69, 9.17) is 16.3 Å². The molecule has 0 unspecified atom stereocenters. The number of amides is 1. The topological polar surface area (TPSA) is 75.7 Å². The molecule has 1 heterocycles. The predicted molar refractivity (Wildman–Crippen MR) is 113 cm³/mol. The summed E-state index contributed by atoms with van der Waals surface area (Å²) < 4.78 is 32.8. The van der Waals surface area contributed by atoms with Crippen molar-refractivity contribution in [1.29, 1.82) is 0 Å². The van der Waals surface area contributed by atoms with Gasteiger partial charge in [-0.1, -0.05) is 23.7 Å². The van der Waals surface area contributed by atoms with E-state index in [0.717, 1.165) is 11.3 Å². The lowest BCUT2D eigenvalue weighted by molar-refractivity contribution is -0.126. The van der Waals surface area contributed by atoms with Gasteiger partial charge in [0.05, 0.1) is 12.0 Å². The maximum absolute atomic E-state index is 12.5. The molecule has 1 saturated heterocycles. The van der Waals surface area contributed by atoms with Gasteiger partial charge in [0, 0.05) is 30.2 Å². The summed E-state index contributed by atoms with van der Waals surface area (Å²) >= 11 is 5.81. The van der Waals surface area contributed by atoms with Crippen molar-refractivity contribution in [3.63, 3.8) is 0 Å². The number of ether oxygens (including phenoxy) is 1. The van der Waals surface area contributed by atoms with Crippen LogP contribution in [0.25, 0.3) is 6.08 Å². The molecular formula is C21H23ClN2O4S. The molecule has 0 aromatic heterocycles. The zero-order chi connectivity index (χ0) is 20.9. The maximum atomic E-state index is 12.5. The number of hydrogen-bond acceptors (Lipinski definition) is 4. The standard InChI is InChI=1S/C21H23ClN2O4S/c1-28-19-7-2-16(3-8-19)4-11-21(25)24-14-12-18(13-15-24)23-29(26,27)20-9-5-17(22)6-10-20/h2-11,18,23H,12-15H2,1H3. The molecule has 0 spiro atoms. The average Bonchev–Trinajstić information content (AvgIpc) is 2.73. The Balaban J connectivity index is 1.52. The average molecular weight is 435 g/mol. The molecule has 0 saturated carbocycles. The minimum atomic E-state index is -3.60. The minimum Gasteiger partial charge on any atom is -0.497 e. The third-order valence-corrected chi connectivity index (χ3v) is 6.57. The van der Waals surface area contributed by atoms with Gasteiger partial charge < -0.3 is 9.64 Å². The highest BCUT2D eigenvalue weighted by Gasteiger charge is 2.26. The SMILES string of the molecule is COc1ccc(C=CC(=O)N2CCC(NS(=O)(=O)c3ccc(Cl)cc3)CC2)cc1. The number of nitrogens with zero attached hydrogens (tertiary/aromatic N) is 1. The van der Waals surface area contributed by atoms with Gasteiger partial charge in [-0.05, 0) is 60.9 Å². The highest BCUT2D eigenvalue weighted by molar-refractivity contribution is 7.89. The monoisotopic (exact) mass is 434 g/mol. The normalized spacial score (nSPS) is 15.6. The Morgan fingerprint density at radius 3 is 2.31 bits per heavy atom. The molecule has 1 N–H and O–H groups in total. The van der Waals surface area contributed by atoms with E-state index < -0.39 is 10.0 Å². The summed E-state index contributed by atoms with van der Waals surface area (Å²) in [6, 6.07) is 13.3. The van der Waals surface area contributed by atoms with Gasteiger partial charge in [0.2, 0.25) is 15.9 Å². The number of benzene rings is 2. The first-order valence-corrected chi connectivity index (χ1v) is 11.1. The van der Waals surface area contributed by atoms with Crippen LogP contribution < -0.4 is 9.46 Å². The number of carbonyl (C=O) groups excluding carboxylic acids is 1. The van der Waals surface area contributed by atoms with E-state index >= 15 is 0 Å². The summed E-state index contributed by atoms with van der Waals surface area (Å²) in [5.41, 5.74) is 0.907. The molecule has 1 amide bonds. The summed E-state index contributed by atoms with van der Waals surface area (Å²) in [5.74, 6) is 0.677. The maximum Gasteiger partial charge on any atom is 0.246 e. The second-order valence-corrected chi connectivity index (χ2v) is 8.93. The van der Waals surface area contributed by atoms with Gasteiger partial charge in [0.1, 0.15) is 5.75 Å². The fourth-order valence-electron chi connectivity index (χ4n) is 3.11. The van der Waals surface area contributed by atoms with Crippen molar-refractivity contribution in [3.05, 3.63) is 65.2 Å². The van der Waals surface area contributed by atoms with Crippen molar-refractivity contribution in [2.24, 2.45) is 0 Å². The van der Waals surface area contributed by atoms with Crippen LogP contribution in [0, 0.1) is 0 Å². The number of rotatable bonds is 6. The van der Waals surface area contributed by atoms with Crippen molar-refractivity contribution >= 4 is 33.6 Å². The second kappa shape index (κ2) is 9.43. The van der Waals surface area contributed by atoms with E-state index in [1.54, 1.807) is 36.3 Å². The number of methoxy groups -OCH3 is 1. The Morgan fingerprint density at radius 1 is 1.10 bits per heavy atom. The van der Waals surface area contributed by atoms with Crippen molar-refractivity contribution in [3.8, 4) is 5.75 Å². The van der Waals surface area contributed by atoms with Crippen LogP contribution in [-0.4, -0.2) is 45.5 Å². The number of carbonyl (C=O) groups is 1. The van der Waals surface area contributed by atoms with Gasteiger partial charge in [0.25, 0.3) is 0 Å². The number of piperidine rings is 1. The van der Waals surface area contributed by atoms with Gasteiger partial charge in [0.15, 0.2) is 0 Å². The molecule has 1 aliphatic rings. The van der Waals surface area contributed by atoms with Crippen LogP contribution in [0.4, 0.5) is 0 Å². The van der Waals surface area contributed by atoms with Gasteiger partial charge in [-0.15, -0.1) is 0 Å². The summed E-state index contributed by atoms with van der Waals surface area (Å²) in [5, 5.41) is 0.485. The number of nitrogens with one attached hydrogen (secondary N) is 1. The Morgan fingerprint density at radius 2 is 1.72 bits per heavy atom. The van der Waals surface area contributed by atoms with E-state index in [2.05, 4.69) is 4.72 Å². The number of hydrogen-bond donors (Lipinski definition) is 1. The number of sulfonamides is 1. The largest absolute Gasteiger partial charge is 0.497 e. The molecular weight excluding hydrogens is 412 g/mol. The lowest BCUT2D eigenvalue weighted by Gasteiger charge is -2.31. The molecule has 1 aliphatic heterocycles. The Hall–Kier alpha value is -2.35. The minimum absolute atomic E-state index is 0.0835. The molecule has 8 heteroatoms. The number of likely N-dealkylation sites (tertiary alicyclic amines) is 1. The fraction of sp³-hybridized carbons (Fsp3) is 0.286. The Bertz CT molecular complexity index is 965. The van der Waals surface area contributed by atoms with Gasteiger partial charge in [-0.2, -0.15) is 0 Å². The smallest absolute Gasteiger partial charge is 0.246 e. The molecule has 0 radical (unpaired) electrons. The zero-order valence-corrected chi connectivity index (χ0v) is 17.6. The molecule has 3 rings (SSSR count). The molecule has 154 valence electrons. The molecule has 6 nitrogen and oxygen atoms in total. The third-order valence-electron chi connectivity index (χ3n) is 4.79. The molecule has 29 heavy (non-hydrogen) atoms. The Kier molecular flexibility index (Phi) is 6.95. The Labute approximate surface area is 176 Å². The molecule has 2 aromatic rings.